The molecule has 4 aliphatic carbocycles. The topological polar surface area (TPSA) is 0 Å². The highest BCUT2D eigenvalue weighted by molar-refractivity contribution is 5.57. The van der Waals surface area contributed by atoms with Crippen LogP contribution < -0.4 is 0 Å². The Morgan fingerprint density at radius 3 is 0.583 bits per heavy atom. The van der Waals surface area contributed by atoms with Crippen molar-refractivity contribution in [2.45, 2.75) is 0 Å². The molecule has 0 aromatic carbocycles. The van der Waals surface area contributed by atoms with Crippen LogP contribution in [-0.4, -0.2) is 0 Å². The SMILES string of the molecule is C1=C=C=C2C=CC2=C=C=C=C=C2C=CC2=C=C=C=C=C2C=CC2=C=1. The van der Waals surface area contributed by atoms with Gasteiger partial charge < -0.3 is 0 Å². The van der Waals surface area contributed by atoms with Crippen LogP contribution in [0.1, 0.15) is 0 Å². The van der Waals surface area contributed by atoms with Crippen molar-refractivity contribution in [1.29, 1.82) is 0 Å². The third-order valence-electron chi connectivity index (χ3n) is 3.49. The molecule has 0 aromatic rings. The molecule has 0 unspecified atom stereocenters. The maximum atomic E-state index is 3.00. The first-order valence-corrected chi connectivity index (χ1v) is 7.23. The van der Waals surface area contributed by atoms with Crippen molar-refractivity contribution in [3.63, 3.8) is 0 Å². The van der Waals surface area contributed by atoms with Gasteiger partial charge in [0.05, 0.1) is 0 Å². The van der Waals surface area contributed by atoms with E-state index in [1.807, 2.05) is 36.5 Å². The molecule has 0 saturated heterocycles. The Labute approximate surface area is 139 Å². The molecule has 0 radical (unpaired) electrons. The summed E-state index contributed by atoms with van der Waals surface area (Å²) in [5.74, 6) is 0. The summed E-state index contributed by atoms with van der Waals surface area (Å²) in [6.45, 7) is 0. The van der Waals surface area contributed by atoms with Crippen LogP contribution in [-0.2, 0) is 0 Å². The van der Waals surface area contributed by atoms with Crippen LogP contribution >= 0.6 is 0 Å². The lowest BCUT2D eigenvalue weighted by molar-refractivity contribution is 1.47. The predicted molar refractivity (Wildman–Crippen MR) is 90.7 cm³/mol. The molecule has 4 aliphatic rings. The Hall–Kier alpha value is -4.20. The summed E-state index contributed by atoms with van der Waals surface area (Å²) in [7, 11) is 0. The van der Waals surface area contributed by atoms with Crippen LogP contribution in [0.3, 0.4) is 0 Å². The van der Waals surface area contributed by atoms with Gasteiger partial charge in [0, 0.05) is 33.4 Å². The highest BCUT2D eigenvalue weighted by Crippen LogP contribution is 2.22. The van der Waals surface area contributed by atoms with Gasteiger partial charge in [-0.3, -0.25) is 0 Å². The molecule has 0 saturated carbocycles. The van der Waals surface area contributed by atoms with Crippen LogP contribution in [0.4, 0.5) is 0 Å². The molecule has 0 aromatic heterocycles. The van der Waals surface area contributed by atoms with Crippen molar-refractivity contribution in [1.82, 2.24) is 0 Å². The van der Waals surface area contributed by atoms with E-state index in [0.717, 1.165) is 33.4 Å². The fourth-order valence-electron chi connectivity index (χ4n) is 2.00. The van der Waals surface area contributed by atoms with Gasteiger partial charge in [0.15, 0.2) is 0 Å². The van der Waals surface area contributed by atoms with E-state index < -0.39 is 0 Å². The van der Waals surface area contributed by atoms with Gasteiger partial charge in [-0.2, -0.15) is 0 Å². The van der Waals surface area contributed by atoms with Gasteiger partial charge in [0.25, 0.3) is 0 Å². The standard InChI is InChI=1S/C24H6/c1-2-8-20-15-16-22(20)10-5-6-12-24-18-17-23(24)11-4-3-9-21-14-13-19(21)7-1/h13-18H. The Morgan fingerprint density at radius 2 is 0.458 bits per heavy atom. The second-order valence-electron chi connectivity index (χ2n) is 4.98. The molecular formula is C24H6. The van der Waals surface area contributed by atoms with Gasteiger partial charge in [-0.15, -0.1) is 0 Å². The molecule has 4 rings (SSSR count). The highest BCUT2D eigenvalue weighted by Gasteiger charge is 2.07. The summed E-state index contributed by atoms with van der Waals surface area (Å²) in [4.78, 5) is 0. The number of rotatable bonds is 0. The molecule has 102 valence electrons. The van der Waals surface area contributed by atoms with Crippen molar-refractivity contribution in [3.8, 4) is 0 Å². The van der Waals surface area contributed by atoms with E-state index in [9.17, 15) is 0 Å². The van der Waals surface area contributed by atoms with E-state index >= 15 is 0 Å². The quantitative estimate of drug-likeness (QED) is 0.579. The second kappa shape index (κ2) is 5.89. The summed E-state index contributed by atoms with van der Waals surface area (Å²) in [5, 5.41) is 0. The second-order valence-corrected chi connectivity index (χ2v) is 4.98. The smallest absolute Gasteiger partial charge is 0.0412 e. The molecule has 0 aliphatic heterocycles. The summed E-state index contributed by atoms with van der Waals surface area (Å²) in [5.41, 5.74) is 40.4. The largest absolute Gasteiger partial charge is 0.0515 e. The van der Waals surface area contributed by atoms with Crippen molar-refractivity contribution in [2.75, 3.05) is 0 Å². The average Bonchev–Trinajstić information content (AvgIpc) is 2.52. The maximum absolute atomic E-state index is 3.00. The van der Waals surface area contributed by atoms with Crippen LogP contribution in [0.5, 0.6) is 0 Å². The van der Waals surface area contributed by atoms with E-state index in [-0.39, 0.29) is 0 Å². The van der Waals surface area contributed by atoms with E-state index in [1.165, 1.54) is 0 Å². The lowest BCUT2D eigenvalue weighted by Gasteiger charge is -2.04. The predicted octanol–water partition coefficient (Wildman–Crippen LogP) is 4.46. The molecule has 0 nitrogen and oxygen atoms in total. The first kappa shape index (κ1) is 13.5. The van der Waals surface area contributed by atoms with Gasteiger partial charge in [-0.05, 0) is 70.8 Å². The average molecular weight is 294 g/mol. The maximum Gasteiger partial charge on any atom is 0.0412 e. The Balaban J connectivity index is 2.07. The van der Waals surface area contributed by atoms with Crippen molar-refractivity contribution < 1.29 is 0 Å². The summed E-state index contributed by atoms with van der Waals surface area (Å²) in [6, 6.07) is 0. The van der Waals surface area contributed by atoms with Gasteiger partial charge in [-0.1, -0.05) is 34.4 Å². The molecule has 0 atom stereocenters. The van der Waals surface area contributed by atoms with Gasteiger partial charge in [-0.25, -0.2) is 0 Å². The Morgan fingerprint density at radius 1 is 0.292 bits per heavy atom. The van der Waals surface area contributed by atoms with Gasteiger partial charge in [0.2, 0.25) is 0 Å². The molecule has 24 heavy (non-hydrogen) atoms. The van der Waals surface area contributed by atoms with E-state index in [2.05, 4.69) is 68.8 Å². The molecule has 0 bridgehead atoms. The minimum Gasteiger partial charge on any atom is -0.0515 e. The molecule has 0 amide bonds. The molecule has 0 heteroatoms. The van der Waals surface area contributed by atoms with Crippen LogP contribution in [0.15, 0.2) is 139 Å². The summed E-state index contributed by atoms with van der Waals surface area (Å²) >= 11 is 0. The third-order valence-corrected chi connectivity index (χ3v) is 3.49. The molecule has 0 N–H and O–H groups in total. The number of allylic oxidation sites excluding steroid dienone is 12. The lowest BCUT2D eigenvalue weighted by Crippen LogP contribution is -1.89. The third kappa shape index (κ3) is 2.62. The Bertz CT molecular complexity index is 1050. The van der Waals surface area contributed by atoms with E-state index in [1.54, 1.807) is 0 Å². The number of hydrogen-bond acceptors (Lipinski definition) is 0. The molecule has 0 spiro atoms. The molecular weight excluding hydrogens is 288 g/mol. The van der Waals surface area contributed by atoms with Gasteiger partial charge >= 0.3 is 0 Å². The van der Waals surface area contributed by atoms with Crippen LogP contribution in [0, 0.1) is 0 Å². The van der Waals surface area contributed by atoms with Crippen molar-refractivity contribution in [2.24, 2.45) is 0 Å². The fourth-order valence-corrected chi connectivity index (χ4v) is 2.00. The summed E-state index contributed by atoms with van der Waals surface area (Å²) < 4.78 is 0. The zero-order valence-electron chi connectivity index (χ0n) is 12.5. The van der Waals surface area contributed by atoms with Crippen molar-refractivity contribution in [3.05, 3.63) is 139 Å². The normalized spacial score (nSPS) is 17.0. The lowest BCUT2D eigenvalue weighted by atomic mass is 9.97. The summed E-state index contributed by atoms with van der Waals surface area (Å²) in [6.07, 6.45) is 11.6. The monoisotopic (exact) mass is 294 g/mol. The fraction of sp³-hybridized carbons (Fsp3) is 0. The Kier molecular flexibility index (Phi) is 3.30. The van der Waals surface area contributed by atoms with E-state index in [4.69, 9.17) is 0 Å². The van der Waals surface area contributed by atoms with Crippen molar-refractivity contribution >= 4 is 0 Å². The zero-order valence-corrected chi connectivity index (χ0v) is 12.5. The van der Waals surface area contributed by atoms with Crippen LogP contribution in [0.2, 0.25) is 0 Å². The number of hydrogen-bond donors (Lipinski definition) is 0. The first-order valence-electron chi connectivity index (χ1n) is 7.23. The number of fused-ring (bicyclic) bond motifs is 3. The minimum absolute atomic E-state index is 0.896. The molecule has 0 heterocycles. The minimum atomic E-state index is 0.896. The zero-order chi connectivity index (χ0) is 16.2. The highest BCUT2D eigenvalue weighted by atomic mass is 14.1. The van der Waals surface area contributed by atoms with Gasteiger partial charge in [0.1, 0.15) is 0 Å². The molecule has 0 fully saturated rings. The van der Waals surface area contributed by atoms with E-state index in [0.29, 0.717) is 0 Å². The first-order chi connectivity index (χ1) is 11.9. The van der Waals surface area contributed by atoms with Crippen LogP contribution in [0.25, 0.3) is 0 Å².